The molecule has 162 valence electrons. The Bertz CT molecular complexity index is 367. The van der Waals surface area contributed by atoms with Crippen LogP contribution in [-0.4, -0.2) is 19.4 Å². The fraction of sp³-hybridized carbons (Fsp3) is 1.00. The van der Waals surface area contributed by atoms with E-state index in [4.69, 9.17) is 9.05 Å². The first-order valence-electron chi connectivity index (χ1n) is 12.1. The van der Waals surface area contributed by atoms with E-state index in [0.717, 1.165) is 19.3 Å². The smallest absolute Gasteiger partial charge is 0.309 e. The van der Waals surface area contributed by atoms with Crippen LogP contribution in [0.2, 0.25) is 0 Å². The summed E-state index contributed by atoms with van der Waals surface area (Å²) in [5.74, 6) is 0.592. The van der Waals surface area contributed by atoms with Crippen molar-refractivity contribution in [1.82, 2.24) is 0 Å². The molecule has 0 radical (unpaired) electrons. The Morgan fingerprint density at radius 2 is 1.26 bits per heavy atom. The van der Waals surface area contributed by atoms with E-state index in [1.807, 2.05) is 0 Å². The van der Waals surface area contributed by atoms with Gasteiger partial charge in [-0.3, -0.25) is 4.57 Å². The summed E-state index contributed by atoms with van der Waals surface area (Å²) in [5, 5.41) is 0. The van der Waals surface area contributed by atoms with Gasteiger partial charge in [0.1, 0.15) is 0 Å². The van der Waals surface area contributed by atoms with Crippen LogP contribution in [0, 0.1) is 5.92 Å². The Hall–Kier alpha value is 0.150. The van der Waals surface area contributed by atoms with Gasteiger partial charge in [-0.2, -0.15) is 0 Å². The lowest BCUT2D eigenvalue weighted by Crippen LogP contribution is -2.14. The summed E-state index contributed by atoms with van der Waals surface area (Å²) in [7, 11) is -2.88. The van der Waals surface area contributed by atoms with Gasteiger partial charge >= 0.3 is 7.60 Å². The molecular formula is C23H47O3P. The summed E-state index contributed by atoms with van der Waals surface area (Å²) in [6.45, 7) is 5.64. The van der Waals surface area contributed by atoms with Crippen molar-refractivity contribution >= 4 is 7.60 Å². The Balaban J connectivity index is 2.09. The molecule has 0 spiro atoms. The molecule has 0 aromatic rings. The van der Waals surface area contributed by atoms with Crippen molar-refractivity contribution in [3.05, 3.63) is 0 Å². The zero-order valence-electron chi connectivity index (χ0n) is 18.4. The maximum atomic E-state index is 13.0. The summed E-state index contributed by atoms with van der Waals surface area (Å²) >= 11 is 0. The van der Waals surface area contributed by atoms with Crippen LogP contribution in [0.5, 0.6) is 0 Å². The molecule has 1 aliphatic rings. The minimum atomic E-state index is -2.88. The van der Waals surface area contributed by atoms with E-state index in [2.05, 4.69) is 13.8 Å². The lowest BCUT2D eigenvalue weighted by Gasteiger charge is -2.25. The van der Waals surface area contributed by atoms with Crippen molar-refractivity contribution in [2.45, 2.75) is 123 Å². The van der Waals surface area contributed by atoms with Crippen LogP contribution in [0.4, 0.5) is 0 Å². The molecule has 1 rings (SSSR count). The van der Waals surface area contributed by atoms with Gasteiger partial charge in [-0.1, -0.05) is 97.3 Å². The number of unbranched alkanes of at least 4 members (excludes halogenated alkanes) is 10. The van der Waals surface area contributed by atoms with E-state index < -0.39 is 7.60 Å². The van der Waals surface area contributed by atoms with Crippen LogP contribution >= 0.6 is 7.60 Å². The molecule has 0 heterocycles. The number of hydrogen-bond donors (Lipinski definition) is 0. The maximum Gasteiger partial charge on any atom is 0.330 e. The summed E-state index contributed by atoms with van der Waals surface area (Å²) in [4.78, 5) is 0. The number of rotatable bonds is 18. The molecule has 27 heavy (non-hydrogen) atoms. The SMILES string of the molecule is CCCCCCCCCCCCOP(=O)(CCCC)OCC1CCCCC1. The second-order valence-corrected chi connectivity index (χ2v) is 10.7. The zero-order chi connectivity index (χ0) is 19.6. The highest BCUT2D eigenvalue weighted by molar-refractivity contribution is 7.53. The summed E-state index contributed by atoms with van der Waals surface area (Å²) in [5.41, 5.74) is 0. The van der Waals surface area contributed by atoms with Crippen molar-refractivity contribution in [1.29, 1.82) is 0 Å². The standard InChI is InChI=1S/C23H47O3P/c1-3-5-7-8-9-10-11-12-13-17-20-25-27(24,21-6-4-2)26-22-23-18-15-14-16-19-23/h23H,3-22H2,1-2H3. The van der Waals surface area contributed by atoms with Crippen molar-refractivity contribution in [3.8, 4) is 0 Å². The molecule has 0 bridgehead atoms. The molecule has 1 unspecified atom stereocenters. The third-order valence-electron chi connectivity index (χ3n) is 5.80. The Labute approximate surface area is 169 Å². The lowest BCUT2D eigenvalue weighted by molar-refractivity contribution is 0.159. The molecule has 1 atom stereocenters. The van der Waals surface area contributed by atoms with Crippen LogP contribution in [0.15, 0.2) is 0 Å². The highest BCUT2D eigenvalue weighted by Crippen LogP contribution is 2.50. The fourth-order valence-electron chi connectivity index (χ4n) is 3.88. The molecule has 0 saturated heterocycles. The second-order valence-electron chi connectivity index (χ2n) is 8.50. The van der Waals surface area contributed by atoms with Gasteiger partial charge in [-0.25, -0.2) is 0 Å². The molecule has 0 aliphatic heterocycles. The van der Waals surface area contributed by atoms with Crippen LogP contribution in [0.25, 0.3) is 0 Å². The fourth-order valence-corrected chi connectivity index (χ4v) is 5.77. The predicted octanol–water partition coefficient (Wildman–Crippen LogP) is 8.51. The summed E-state index contributed by atoms with van der Waals surface area (Å²) < 4.78 is 24.8. The lowest BCUT2D eigenvalue weighted by atomic mass is 9.90. The molecule has 0 aromatic carbocycles. The molecule has 1 fully saturated rings. The zero-order valence-corrected chi connectivity index (χ0v) is 19.3. The van der Waals surface area contributed by atoms with E-state index in [1.54, 1.807) is 0 Å². The topological polar surface area (TPSA) is 35.5 Å². The third-order valence-corrected chi connectivity index (χ3v) is 7.79. The Kier molecular flexibility index (Phi) is 15.9. The van der Waals surface area contributed by atoms with Crippen molar-refractivity contribution in [2.75, 3.05) is 19.4 Å². The first kappa shape index (κ1) is 25.2. The largest absolute Gasteiger partial charge is 0.330 e. The van der Waals surface area contributed by atoms with E-state index in [0.29, 0.717) is 25.3 Å². The minimum Gasteiger partial charge on any atom is -0.309 e. The molecular weight excluding hydrogens is 355 g/mol. The molecule has 3 nitrogen and oxygen atoms in total. The summed E-state index contributed by atoms with van der Waals surface area (Å²) in [6, 6.07) is 0. The Morgan fingerprint density at radius 3 is 1.85 bits per heavy atom. The highest BCUT2D eigenvalue weighted by atomic mass is 31.2. The third kappa shape index (κ3) is 13.9. The highest BCUT2D eigenvalue weighted by Gasteiger charge is 2.26. The van der Waals surface area contributed by atoms with E-state index in [9.17, 15) is 4.57 Å². The van der Waals surface area contributed by atoms with Gasteiger partial charge in [0.05, 0.1) is 19.4 Å². The second kappa shape index (κ2) is 17.0. The molecule has 4 heteroatoms. The van der Waals surface area contributed by atoms with Gasteiger partial charge in [0, 0.05) is 0 Å². The van der Waals surface area contributed by atoms with E-state index in [1.165, 1.54) is 89.9 Å². The van der Waals surface area contributed by atoms with Gasteiger partial charge in [0.15, 0.2) is 0 Å². The van der Waals surface area contributed by atoms with E-state index >= 15 is 0 Å². The summed E-state index contributed by atoms with van der Waals surface area (Å²) in [6.07, 6.45) is 22.0. The monoisotopic (exact) mass is 402 g/mol. The van der Waals surface area contributed by atoms with Gasteiger partial charge in [0.25, 0.3) is 0 Å². The average Bonchev–Trinajstić information content (AvgIpc) is 2.70. The first-order valence-corrected chi connectivity index (χ1v) is 13.8. The van der Waals surface area contributed by atoms with Crippen molar-refractivity contribution in [2.24, 2.45) is 5.92 Å². The van der Waals surface area contributed by atoms with Crippen LogP contribution in [0.1, 0.15) is 123 Å². The van der Waals surface area contributed by atoms with Crippen LogP contribution < -0.4 is 0 Å². The van der Waals surface area contributed by atoms with Gasteiger partial charge in [0.2, 0.25) is 0 Å². The van der Waals surface area contributed by atoms with Gasteiger partial charge in [-0.05, 0) is 31.6 Å². The van der Waals surface area contributed by atoms with Crippen LogP contribution in [-0.2, 0) is 13.6 Å². The molecule has 1 saturated carbocycles. The molecule has 0 aromatic heterocycles. The van der Waals surface area contributed by atoms with Crippen molar-refractivity contribution in [3.63, 3.8) is 0 Å². The quantitative estimate of drug-likeness (QED) is 0.170. The maximum absolute atomic E-state index is 13.0. The van der Waals surface area contributed by atoms with Gasteiger partial charge < -0.3 is 9.05 Å². The number of hydrogen-bond acceptors (Lipinski definition) is 3. The van der Waals surface area contributed by atoms with Crippen LogP contribution in [0.3, 0.4) is 0 Å². The van der Waals surface area contributed by atoms with Gasteiger partial charge in [-0.15, -0.1) is 0 Å². The molecule has 0 amide bonds. The molecule has 1 aliphatic carbocycles. The minimum absolute atomic E-state index is 0.591. The average molecular weight is 403 g/mol. The van der Waals surface area contributed by atoms with Crippen molar-refractivity contribution < 1.29 is 13.6 Å². The molecule has 0 N–H and O–H groups in total. The normalized spacial score (nSPS) is 17.9. The first-order chi connectivity index (χ1) is 13.2. The predicted molar refractivity (Wildman–Crippen MR) is 118 cm³/mol. The van der Waals surface area contributed by atoms with E-state index in [-0.39, 0.29) is 0 Å². The Morgan fingerprint density at radius 1 is 0.704 bits per heavy atom.